The minimum atomic E-state index is -3.67. The van der Waals surface area contributed by atoms with Crippen LogP contribution in [-0.4, -0.2) is 18.3 Å². The second-order valence-electron chi connectivity index (χ2n) is 7.55. The lowest BCUT2D eigenvalue weighted by Crippen LogP contribution is -2.34. The molecule has 0 spiro atoms. The Morgan fingerprint density at radius 3 is 1.52 bits per heavy atom. The zero-order chi connectivity index (χ0) is 19.7. The minimum Gasteiger partial charge on any atom is -0.376 e. The SMILES string of the molecule is CC(C)(C)S(=O)(=O)c1ccccc1C(O)(c1ccccc1)c1ccccc1. The fourth-order valence-corrected chi connectivity index (χ4v) is 4.59. The zero-order valence-corrected chi connectivity index (χ0v) is 16.6. The highest BCUT2D eigenvalue weighted by Gasteiger charge is 2.41. The van der Waals surface area contributed by atoms with Crippen molar-refractivity contribution in [3.63, 3.8) is 0 Å². The Hall–Kier alpha value is -2.43. The first-order chi connectivity index (χ1) is 12.7. The molecule has 0 saturated carbocycles. The first kappa shape index (κ1) is 19.3. The van der Waals surface area contributed by atoms with Gasteiger partial charge in [0, 0.05) is 5.56 Å². The largest absolute Gasteiger partial charge is 0.376 e. The van der Waals surface area contributed by atoms with Crippen LogP contribution in [0.15, 0.2) is 89.8 Å². The van der Waals surface area contributed by atoms with Crippen LogP contribution in [0.2, 0.25) is 0 Å². The summed E-state index contributed by atoms with van der Waals surface area (Å²) in [5.74, 6) is 0. The molecule has 140 valence electrons. The highest BCUT2D eigenvalue weighted by molar-refractivity contribution is 7.92. The van der Waals surface area contributed by atoms with E-state index in [-0.39, 0.29) is 4.90 Å². The van der Waals surface area contributed by atoms with Gasteiger partial charge in [-0.1, -0.05) is 78.9 Å². The van der Waals surface area contributed by atoms with E-state index in [1.165, 1.54) is 0 Å². The molecule has 0 unspecified atom stereocenters. The van der Waals surface area contributed by atoms with Crippen molar-refractivity contribution in [3.8, 4) is 0 Å². The molecule has 0 atom stereocenters. The third-order valence-corrected chi connectivity index (χ3v) is 7.30. The topological polar surface area (TPSA) is 54.4 Å². The second kappa shape index (κ2) is 6.95. The van der Waals surface area contributed by atoms with Crippen molar-refractivity contribution in [1.29, 1.82) is 0 Å². The Morgan fingerprint density at radius 1 is 0.667 bits per heavy atom. The number of rotatable bonds is 4. The highest BCUT2D eigenvalue weighted by Crippen LogP contribution is 2.41. The van der Waals surface area contributed by atoms with Crippen LogP contribution in [0.25, 0.3) is 0 Å². The van der Waals surface area contributed by atoms with E-state index in [1.54, 1.807) is 45.0 Å². The van der Waals surface area contributed by atoms with Gasteiger partial charge in [-0.05, 0) is 38.0 Å². The van der Waals surface area contributed by atoms with Gasteiger partial charge in [0.05, 0.1) is 9.64 Å². The van der Waals surface area contributed by atoms with Crippen molar-refractivity contribution < 1.29 is 13.5 Å². The average molecular weight is 381 g/mol. The number of sulfone groups is 1. The molecular formula is C23H24O3S. The van der Waals surface area contributed by atoms with Crippen LogP contribution in [-0.2, 0) is 15.4 Å². The first-order valence-corrected chi connectivity index (χ1v) is 10.3. The van der Waals surface area contributed by atoms with Crippen molar-refractivity contribution in [1.82, 2.24) is 0 Å². The van der Waals surface area contributed by atoms with Crippen molar-refractivity contribution in [3.05, 3.63) is 102 Å². The maximum absolute atomic E-state index is 13.3. The van der Waals surface area contributed by atoms with Crippen LogP contribution in [0, 0.1) is 0 Å². The molecule has 0 fully saturated rings. The summed E-state index contributed by atoms with van der Waals surface area (Å²) in [6.07, 6.45) is 0. The minimum absolute atomic E-state index is 0.146. The molecule has 1 N–H and O–H groups in total. The number of aliphatic hydroxyl groups is 1. The molecular weight excluding hydrogens is 356 g/mol. The van der Waals surface area contributed by atoms with E-state index in [1.807, 2.05) is 60.7 Å². The van der Waals surface area contributed by atoms with Crippen LogP contribution in [0.1, 0.15) is 37.5 Å². The molecule has 0 radical (unpaired) electrons. The molecule has 3 nitrogen and oxygen atoms in total. The zero-order valence-electron chi connectivity index (χ0n) is 15.8. The Kier molecular flexibility index (Phi) is 4.98. The number of hydrogen-bond acceptors (Lipinski definition) is 3. The van der Waals surface area contributed by atoms with Crippen LogP contribution >= 0.6 is 0 Å². The Balaban J connectivity index is 2.38. The predicted molar refractivity (Wildman–Crippen MR) is 108 cm³/mol. The van der Waals surface area contributed by atoms with E-state index in [0.717, 1.165) is 0 Å². The summed E-state index contributed by atoms with van der Waals surface area (Å²) < 4.78 is 25.6. The van der Waals surface area contributed by atoms with Gasteiger partial charge in [0.25, 0.3) is 0 Å². The van der Waals surface area contributed by atoms with Crippen LogP contribution < -0.4 is 0 Å². The molecule has 0 aliphatic carbocycles. The Morgan fingerprint density at radius 2 is 1.07 bits per heavy atom. The quantitative estimate of drug-likeness (QED) is 0.676. The van der Waals surface area contributed by atoms with E-state index in [9.17, 15) is 13.5 Å². The summed E-state index contributed by atoms with van der Waals surface area (Å²) in [6, 6.07) is 25.1. The van der Waals surface area contributed by atoms with E-state index in [4.69, 9.17) is 0 Å². The maximum Gasteiger partial charge on any atom is 0.183 e. The summed E-state index contributed by atoms with van der Waals surface area (Å²) in [6.45, 7) is 5.01. The lowest BCUT2D eigenvalue weighted by Gasteiger charge is -2.33. The summed E-state index contributed by atoms with van der Waals surface area (Å²) in [5.41, 5.74) is 0.00935. The predicted octanol–water partition coefficient (Wildman–Crippen LogP) is 4.54. The normalized spacial score (nSPS) is 12.7. The number of benzene rings is 3. The van der Waals surface area contributed by atoms with Crippen LogP contribution in [0.4, 0.5) is 0 Å². The van der Waals surface area contributed by atoms with Gasteiger partial charge in [-0.2, -0.15) is 0 Å². The summed E-state index contributed by atoms with van der Waals surface area (Å²) >= 11 is 0. The van der Waals surface area contributed by atoms with Gasteiger partial charge >= 0.3 is 0 Å². The standard InChI is InChI=1S/C23H24O3S/c1-22(2,3)27(25,26)21-17-11-10-16-20(21)23(24,18-12-6-4-7-13-18)19-14-8-5-9-15-19/h4-17,24H,1-3H3. The summed E-state index contributed by atoms with van der Waals surface area (Å²) in [5, 5.41) is 12.0. The molecule has 0 heterocycles. The molecule has 4 heteroatoms. The van der Waals surface area contributed by atoms with Gasteiger partial charge in [0.15, 0.2) is 9.84 Å². The number of hydrogen-bond donors (Lipinski definition) is 1. The van der Waals surface area contributed by atoms with Gasteiger partial charge in [0.1, 0.15) is 5.60 Å². The third kappa shape index (κ3) is 3.31. The molecule has 3 rings (SSSR count). The van der Waals surface area contributed by atoms with Crippen molar-refractivity contribution in [2.24, 2.45) is 0 Å². The smallest absolute Gasteiger partial charge is 0.183 e. The third-order valence-electron chi connectivity index (χ3n) is 4.76. The summed E-state index contributed by atoms with van der Waals surface area (Å²) in [7, 11) is -3.67. The molecule has 0 aliphatic rings. The molecule has 3 aromatic rings. The summed E-state index contributed by atoms with van der Waals surface area (Å²) in [4.78, 5) is 0.146. The molecule has 0 aliphatic heterocycles. The van der Waals surface area contributed by atoms with Crippen molar-refractivity contribution in [2.75, 3.05) is 0 Å². The van der Waals surface area contributed by atoms with Gasteiger partial charge < -0.3 is 5.11 Å². The molecule has 3 aromatic carbocycles. The van der Waals surface area contributed by atoms with Crippen molar-refractivity contribution in [2.45, 2.75) is 36.0 Å². The van der Waals surface area contributed by atoms with Gasteiger partial charge in [-0.15, -0.1) is 0 Å². The van der Waals surface area contributed by atoms with Gasteiger partial charge in [-0.3, -0.25) is 0 Å². The molecule has 0 saturated heterocycles. The Labute approximate surface area is 161 Å². The fourth-order valence-electron chi connectivity index (χ4n) is 3.17. The van der Waals surface area contributed by atoms with E-state index >= 15 is 0 Å². The monoisotopic (exact) mass is 380 g/mol. The van der Waals surface area contributed by atoms with Crippen molar-refractivity contribution >= 4 is 9.84 Å². The van der Waals surface area contributed by atoms with Gasteiger partial charge in [0.2, 0.25) is 0 Å². The average Bonchev–Trinajstić information content (AvgIpc) is 2.68. The highest BCUT2D eigenvalue weighted by atomic mass is 32.2. The first-order valence-electron chi connectivity index (χ1n) is 8.86. The van der Waals surface area contributed by atoms with Crippen LogP contribution in [0.5, 0.6) is 0 Å². The fraction of sp³-hybridized carbons (Fsp3) is 0.217. The lowest BCUT2D eigenvalue weighted by atomic mass is 9.80. The van der Waals surface area contributed by atoms with Gasteiger partial charge in [-0.25, -0.2) is 8.42 Å². The Bertz CT molecular complexity index is 978. The van der Waals surface area contributed by atoms with E-state index < -0.39 is 20.2 Å². The second-order valence-corrected chi connectivity index (χ2v) is 10.2. The molecule has 0 amide bonds. The lowest BCUT2D eigenvalue weighted by molar-refractivity contribution is 0.122. The molecule has 0 bridgehead atoms. The van der Waals surface area contributed by atoms with Crippen LogP contribution in [0.3, 0.4) is 0 Å². The van der Waals surface area contributed by atoms with E-state index in [0.29, 0.717) is 16.7 Å². The molecule has 27 heavy (non-hydrogen) atoms. The molecule has 0 aromatic heterocycles. The van der Waals surface area contributed by atoms with E-state index in [2.05, 4.69) is 0 Å². The maximum atomic E-state index is 13.3.